The largest absolute Gasteiger partial charge is 0.394 e. The molecule has 0 saturated carbocycles. The van der Waals surface area contributed by atoms with Crippen LogP contribution in [0.4, 0.5) is 5.82 Å². The van der Waals surface area contributed by atoms with Crippen molar-refractivity contribution in [2.45, 2.75) is 52.0 Å². The molecule has 0 spiro atoms. The highest BCUT2D eigenvalue weighted by Crippen LogP contribution is 2.29. The summed E-state index contributed by atoms with van der Waals surface area (Å²) < 4.78 is 0. The third-order valence-corrected chi connectivity index (χ3v) is 4.06. The molecule has 1 fully saturated rings. The van der Waals surface area contributed by atoms with Gasteiger partial charge < -0.3 is 10.0 Å². The van der Waals surface area contributed by atoms with E-state index in [0.29, 0.717) is 5.15 Å². The highest BCUT2D eigenvalue weighted by Gasteiger charge is 2.25. The molecule has 2 heterocycles. The van der Waals surface area contributed by atoms with E-state index in [4.69, 9.17) is 11.6 Å². The van der Waals surface area contributed by atoms with Gasteiger partial charge in [-0.15, -0.1) is 0 Å². The van der Waals surface area contributed by atoms with Crippen molar-refractivity contribution in [1.29, 1.82) is 0 Å². The quantitative estimate of drug-likeness (QED) is 0.863. The van der Waals surface area contributed by atoms with Gasteiger partial charge in [-0.25, -0.2) is 9.97 Å². The second kappa shape index (κ2) is 6.53. The molecule has 5 heteroatoms. The van der Waals surface area contributed by atoms with Gasteiger partial charge in [0.05, 0.1) is 12.6 Å². The summed E-state index contributed by atoms with van der Waals surface area (Å²) in [6.07, 6.45) is 5.16. The molecule has 106 valence electrons. The molecule has 1 aliphatic heterocycles. The molecule has 0 radical (unpaired) electrons. The van der Waals surface area contributed by atoms with Gasteiger partial charge in [-0.2, -0.15) is 0 Å². The maximum atomic E-state index is 9.54. The molecule has 0 bridgehead atoms. The van der Waals surface area contributed by atoms with Crippen LogP contribution in [-0.2, 0) is 6.42 Å². The number of aliphatic hydroxyl groups excluding tert-OH is 1. The number of nitrogens with zero attached hydrogens (tertiary/aromatic N) is 3. The predicted molar refractivity (Wildman–Crippen MR) is 77.8 cm³/mol. The summed E-state index contributed by atoms with van der Waals surface area (Å²) in [5.41, 5.74) is 0.918. The Labute approximate surface area is 119 Å². The Hall–Kier alpha value is -0.870. The minimum Gasteiger partial charge on any atom is -0.394 e. The maximum Gasteiger partial charge on any atom is 0.137 e. The minimum absolute atomic E-state index is 0.160. The summed E-state index contributed by atoms with van der Waals surface area (Å²) in [6.45, 7) is 5.17. The van der Waals surface area contributed by atoms with Crippen LogP contribution in [-0.4, -0.2) is 34.3 Å². The fourth-order valence-corrected chi connectivity index (χ4v) is 2.79. The molecule has 1 N–H and O–H groups in total. The summed E-state index contributed by atoms with van der Waals surface area (Å²) in [5, 5.41) is 10.1. The van der Waals surface area contributed by atoms with Crippen molar-refractivity contribution in [2.24, 2.45) is 0 Å². The van der Waals surface area contributed by atoms with Crippen LogP contribution in [0, 0.1) is 6.92 Å². The smallest absolute Gasteiger partial charge is 0.137 e. The van der Waals surface area contributed by atoms with Gasteiger partial charge >= 0.3 is 0 Å². The van der Waals surface area contributed by atoms with E-state index in [-0.39, 0.29) is 12.6 Å². The molecular formula is C14H22ClN3O. The first-order valence-electron chi connectivity index (χ1n) is 7.07. The van der Waals surface area contributed by atoms with Crippen molar-refractivity contribution < 1.29 is 5.11 Å². The van der Waals surface area contributed by atoms with Gasteiger partial charge in [0.15, 0.2) is 0 Å². The summed E-state index contributed by atoms with van der Waals surface area (Å²) in [4.78, 5) is 11.2. The number of aromatic nitrogens is 2. The van der Waals surface area contributed by atoms with E-state index >= 15 is 0 Å². The van der Waals surface area contributed by atoms with E-state index in [1.54, 1.807) is 0 Å². The molecular weight excluding hydrogens is 262 g/mol. The monoisotopic (exact) mass is 283 g/mol. The van der Waals surface area contributed by atoms with Gasteiger partial charge in [0.25, 0.3) is 0 Å². The second-order valence-electron chi connectivity index (χ2n) is 5.15. The van der Waals surface area contributed by atoms with Crippen LogP contribution in [0.5, 0.6) is 0 Å². The van der Waals surface area contributed by atoms with Gasteiger partial charge in [-0.05, 0) is 32.6 Å². The number of aryl methyl sites for hydroxylation is 1. The summed E-state index contributed by atoms with van der Waals surface area (Å²) in [6, 6.07) is 0.160. The van der Waals surface area contributed by atoms with Crippen LogP contribution >= 0.6 is 11.6 Å². The van der Waals surface area contributed by atoms with E-state index in [1.807, 2.05) is 6.92 Å². The van der Waals surface area contributed by atoms with Gasteiger partial charge in [-0.1, -0.05) is 18.5 Å². The van der Waals surface area contributed by atoms with Crippen LogP contribution in [0.25, 0.3) is 0 Å². The number of rotatable bonds is 4. The van der Waals surface area contributed by atoms with Crippen LogP contribution in [0.3, 0.4) is 0 Å². The highest BCUT2D eigenvalue weighted by atomic mass is 35.5. The molecule has 1 aromatic rings. The molecule has 4 nitrogen and oxygen atoms in total. The standard InChI is InChI=1S/C14H22ClN3O/c1-3-6-12-16-13(15)10(2)14(17-12)18-8-5-4-7-11(18)9-19/h11,19H,3-9H2,1-2H3. The van der Waals surface area contributed by atoms with Gasteiger partial charge in [-0.3, -0.25) is 0 Å². The summed E-state index contributed by atoms with van der Waals surface area (Å²) >= 11 is 6.22. The molecule has 19 heavy (non-hydrogen) atoms. The van der Waals surface area contributed by atoms with E-state index in [2.05, 4.69) is 21.8 Å². The first-order valence-corrected chi connectivity index (χ1v) is 7.45. The molecule has 1 saturated heterocycles. The average Bonchev–Trinajstić information content (AvgIpc) is 2.43. The number of piperidine rings is 1. The Bertz CT molecular complexity index is 439. The summed E-state index contributed by atoms with van der Waals surface area (Å²) in [5.74, 6) is 1.71. The third kappa shape index (κ3) is 3.18. The summed E-state index contributed by atoms with van der Waals surface area (Å²) in [7, 11) is 0. The lowest BCUT2D eigenvalue weighted by Gasteiger charge is -2.36. The van der Waals surface area contributed by atoms with Crippen molar-refractivity contribution >= 4 is 17.4 Å². The topological polar surface area (TPSA) is 49.2 Å². The second-order valence-corrected chi connectivity index (χ2v) is 5.51. The van der Waals surface area contributed by atoms with E-state index in [0.717, 1.165) is 49.4 Å². The van der Waals surface area contributed by atoms with E-state index in [9.17, 15) is 5.11 Å². The van der Waals surface area contributed by atoms with Crippen LogP contribution in [0.2, 0.25) is 5.15 Å². The van der Waals surface area contributed by atoms with E-state index < -0.39 is 0 Å². The van der Waals surface area contributed by atoms with Crippen molar-refractivity contribution in [3.63, 3.8) is 0 Å². The zero-order valence-electron chi connectivity index (χ0n) is 11.7. The SMILES string of the molecule is CCCc1nc(Cl)c(C)c(N2CCCCC2CO)n1. The molecule has 0 aliphatic carbocycles. The third-order valence-electron chi connectivity index (χ3n) is 3.69. The maximum absolute atomic E-state index is 9.54. The number of aliphatic hydroxyl groups is 1. The lowest BCUT2D eigenvalue weighted by atomic mass is 10.0. The van der Waals surface area contributed by atoms with Crippen LogP contribution in [0.1, 0.15) is 44.0 Å². The molecule has 2 rings (SSSR count). The fourth-order valence-electron chi connectivity index (χ4n) is 2.60. The average molecular weight is 284 g/mol. The number of hydrogen-bond donors (Lipinski definition) is 1. The first-order chi connectivity index (χ1) is 9.17. The van der Waals surface area contributed by atoms with Crippen molar-refractivity contribution in [3.8, 4) is 0 Å². The Morgan fingerprint density at radius 2 is 2.16 bits per heavy atom. The van der Waals surface area contributed by atoms with Gasteiger partial charge in [0, 0.05) is 18.5 Å². The first kappa shape index (κ1) is 14.5. The van der Waals surface area contributed by atoms with Crippen LogP contribution in [0.15, 0.2) is 0 Å². The minimum atomic E-state index is 0.160. The lowest BCUT2D eigenvalue weighted by Crippen LogP contribution is -2.43. The Morgan fingerprint density at radius 3 is 2.84 bits per heavy atom. The van der Waals surface area contributed by atoms with Gasteiger partial charge in [0.1, 0.15) is 16.8 Å². The van der Waals surface area contributed by atoms with Crippen molar-refractivity contribution in [2.75, 3.05) is 18.1 Å². The van der Waals surface area contributed by atoms with E-state index in [1.165, 1.54) is 6.42 Å². The molecule has 1 atom stereocenters. The van der Waals surface area contributed by atoms with Crippen LogP contribution < -0.4 is 4.90 Å². The highest BCUT2D eigenvalue weighted by molar-refractivity contribution is 6.30. The normalized spacial score (nSPS) is 19.8. The Morgan fingerprint density at radius 1 is 1.37 bits per heavy atom. The van der Waals surface area contributed by atoms with Gasteiger partial charge in [0.2, 0.25) is 0 Å². The number of halogens is 1. The Balaban J connectivity index is 2.35. The van der Waals surface area contributed by atoms with Crippen molar-refractivity contribution in [1.82, 2.24) is 9.97 Å². The molecule has 0 aromatic carbocycles. The molecule has 0 amide bonds. The number of hydrogen-bond acceptors (Lipinski definition) is 4. The molecule has 1 unspecified atom stereocenters. The zero-order valence-corrected chi connectivity index (χ0v) is 12.4. The zero-order chi connectivity index (χ0) is 13.8. The Kier molecular flexibility index (Phi) is 4.99. The predicted octanol–water partition coefficient (Wildman–Crippen LogP) is 2.74. The number of anilines is 1. The van der Waals surface area contributed by atoms with Crippen molar-refractivity contribution in [3.05, 3.63) is 16.5 Å². The molecule has 1 aliphatic rings. The fraction of sp³-hybridized carbons (Fsp3) is 0.714. The lowest BCUT2D eigenvalue weighted by molar-refractivity contribution is 0.239. The molecule has 1 aromatic heterocycles.